The van der Waals surface area contributed by atoms with Crippen molar-refractivity contribution < 1.29 is 19.2 Å². The Hall–Kier alpha value is -1.96. The number of aldehydes is 1. The van der Waals surface area contributed by atoms with Gasteiger partial charge in [-0.05, 0) is 38.1 Å². The zero-order valence-electron chi connectivity index (χ0n) is 15.0. The first-order valence-electron chi connectivity index (χ1n) is 9.32. The Morgan fingerprint density at radius 2 is 1.85 bits per heavy atom. The summed E-state index contributed by atoms with van der Waals surface area (Å²) in [4.78, 5) is 31.2. The summed E-state index contributed by atoms with van der Waals surface area (Å²) in [6.07, 6.45) is 2.08. The molecule has 0 saturated carbocycles. The minimum absolute atomic E-state index is 0.0904. The van der Waals surface area contributed by atoms with Gasteiger partial charge in [0.1, 0.15) is 5.75 Å². The normalized spacial score (nSPS) is 21.1. The molecule has 3 rings (SSSR count). The summed E-state index contributed by atoms with van der Waals surface area (Å²) in [6, 6.07) is 9.63. The van der Waals surface area contributed by atoms with Crippen LogP contribution in [-0.4, -0.2) is 73.6 Å². The molecule has 1 atom stereocenters. The SMILES string of the molecule is O=CC(CC(=O)ON1CCN(C2CCNCC2)CC1)Oc1ccccc1. The zero-order chi connectivity index (χ0) is 18.2. The zero-order valence-corrected chi connectivity index (χ0v) is 15.0. The predicted molar refractivity (Wildman–Crippen MR) is 96.7 cm³/mol. The van der Waals surface area contributed by atoms with E-state index in [0.717, 1.165) is 26.2 Å². The summed E-state index contributed by atoms with van der Waals surface area (Å²) in [5.41, 5.74) is 0. The van der Waals surface area contributed by atoms with Crippen molar-refractivity contribution in [3.63, 3.8) is 0 Å². The lowest BCUT2D eigenvalue weighted by atomic mass is 10.0. The quantitative estimate of drug-likeness (QED) is 0.722. The molecule has 0 aromatic heterocycles. The third-order valence-corrected chi connectivity index (χ3v) is 4.88. The van der Waals surface area contributed by atoms with Crippen LogP contribution in [0.2, 0.25) is 0 Å². The number of nitrogens with one attached hydrogen (secondary N) is 1. The molecule has 2 fully saturated rings. The number of piperazine rings is 1. The number of nitrogens with zero attached hydrogens (tertiary/aromatic N) is 2. The highest BCUT2D eigenvalue weighted by Crippen LogP contribution is 2.16. The summed E-state index contributed by atoms with van der Waals surface area (Å²) in [5, 5.41) is 5.08. The summed E-state index contributed by atoms with van der Waals surface area (Å²) in [6.45, 7) is 5.34. The minimum atomic E-state index is -0.832. The van der Waals surface area contributed by atoms with Gasteiger partial charge in [-0.15, -0.1) is 5.06 Å². The number of hydrogen-bond donors (Lipinski definition) is 1. The van der Waals surface area contributed by atoms with Crippen molar-refractivity contribution in [1.29, 1.82) is 0 Å². The number of piperidine rings is 1. The highest BCUT2D eigenvalue weighted by atomic mass is 16.7. The second-order valence-corrected chi connectivity index (χ2v) is 6.72. The van der Waals surface area contributed by atoms with Gasteiger partial charge in [-0.2, -0.15) is 0 Å². The van der Waals surface area contributed by atoms with Gasteiger partial charge >= 0.3 is 5.97 Å². The van der Waals surface area contributed by atoms with Crippen molar-refractivity contribution in [2.75, 3.05) is 39.3 Å². The van der Waals surface area contributed by atoms with Crippen molar-refractivity contribution >= 4 is 12.3 Å². The molecule has 26 heavy (non-hydrogen) atoms. The number of hydrogen-bond acceptors (Lipinski definition) is 7. The first kappa shape index (κ1) is 18.8. The van der Waals surface area contributed by atoms with Gasteiger partial charge in [0, 0.05) is 32.2 Å². The summed E-state index contributed by atoms with van der Waals surface area (Å²) < 4.78 is 5.52. The van der Waals surface area contributed by atoms with Crippen LogP contribution in [0.15, 0.2) is 30.3 Å². The highest BCUT2D eigenvalue weighted by molar-refractivity contribution is 5.74. The van der Waals surface area contributed by atoms with Crippen molar-refractivity contribution in [2.45, 2.75) is 31.4 Å². The molecule has 142 valence electrons. The van der Waals surface area contributed by atoms with Gasteiger partial charge in [0.2, 0.25) is 0 Å². The van der Waals surface area contributed by atoms with Gasteiger partial charge in [0.15, 0.2) is 12.4 Å². The summed E-state index contributed by atoms with van der Waals surface area (Å²) in [5.74, 6) is 0.126. The number of rotatable bonds is 7. The lowest BCUT2D eigenvalue weighted by Crippen LogP contribution is -2.53. The lowest BCUT2D eigenvalue weighted by Gasteiger charge is -2.39. The number of para-hydroxylation sites is 1. The monoisotopic (exact) mass is 361 g/mol. The standard InChI is InChI=1S/C19H27N3O4/c23-15-18(25-17-4-2-1-3-5-17)14-19(24)26-22-12-10-21(11-13-22)16-6-8-20-9-7-16/h1-5,15-16,18,20H,6-14H2. The molecule has 7 heteroatoms. The van der Waals surface area contributed by atoms with Crippen LogP contribution in [0, 0.1) is 0 Å². The second-order valence-electron chi connectivity index (χ2n) is 6.72. The summed E-state index contributed by atoms with van der Waals surface area (Å²) >= 11 is 0. The van der Waals surface area contributed by atoms with Gasteiger partial charge < -0.3 is 14.9 Å². The molecule has 2 aliphatic heterocycles. The van der Waals surface area contributed by atoms with Crippen LogP contribution < -0.4 is 10.1 Å². The third-order valence-electron chi connectivity index (χ3n) is 4.88. The second kappa shape index (κ2) is 9.66. The molecule has 0 aliphatic carbocycles. The fraction of sp³-hybridized carbons (Fsp3) is 0.579. The van der Waals surface area contributed by atoms with Gasteiger partial charge in [-0.3, -0.25) is 14.5 Å². The Bertz CT molecular complexity index is 569. The van der Waals surface area contributed by atoms with Crippen molar-refractivity contribution in [3.8, 4) is 5.75 Å². The molecule has 1 aromatic carbocycles. The molecule has 0 bridgehead atoms. The number of carbonyl (C=O) groups is 2. The number of benzene rings is 1. The largest absolute Gasteiger partial charge is 0.482 e. The molecular weight excluding hydrogens is 334 g/mol. The average Bonchev–Trinajstić information content (AvgIpc) is 2.69. The maximum absolute atomic E-state index is 12.1. The molecular formula is C19H27N3O4. The van der Waals surface area contributed by atoms with E-state index < -0.39 is 12.1 Å². The molecule has 1 unspecified atom stereocenters. The fourth-order valence-corrected chi connectivity index (χ4v) is 3.47. The van der Waals surface area contributed by atoms with E-state index in [1.807, 2.05) is 18.2 Å². The van der Waals surface area contributed by atoms with Crippen molar-refractivity contribution in [2.24, 2.45) is 0 Å². The third kappa shape index (κ3) is 5.52. The Balaban J connectivity index is 1.40. The first-order valence-corrected chi connectivity index (χ1v) is 9.32. The Kier molecular flexibility index (Phi) is 6.99. The highest BCUT2D eigenvalue weighted by Gasteiger charge is 2.27. The van der Waals surface area contributed by atoms with Crippen LogP contribution in [-0.2, 0) is 14.4 Å². The molecule has 1 N–H and O–H groups in total. The van der Waals surface area contributed by atoms with E-state index >= 15 is 0 Å². The summed E-state index contributed by atoms with van der Waals surface area (Å²) in [7, 11) is 0. The molecule has 0 spiro atoms. The van der Waals surface area contributed by atoms with E-state index in [2.05, 4.69) is 10.2 Å². The number of hydroxylamine groups is 2. The first-order chi connectivity index (χ1) is 12.7. The smallest absolute Gasteiger partial charge is 0.329 e. The lowest BCUT2D eigenvalue weighted by molar-refractivity contribution is -0.200. The molecule has 2 saturated heterocycles. The van der Waals surface area contributed by atoms with Crippen LogP contribution in [0.3, 0.4) is 0 Å². The Labute approximate surface area is 154 Å². The molecule has 0 amide bonds. The molecule has 2 heterocycles. The number of carbonyl (C=O) groups excluding carboxylic acids is 2. The molecule has 7 nitrogen and oxygen atoms in total. The van der Waals surface area contributed by atoms with Gasteiger partial charge in [-0.1, -0.05) is 18.2 Å². The topological polar surface area (TPSA) is 71.1 Å². The maximum Gasteiger partial charge on any atom is 0.329 e. The van der Waals surface area contributed by atoms with Gasteiger partial charge in [-0.25, -0.2) is 0 Å². The van der Waals surface area contributed by atoms with Crippen LogP contribution in [0.25, 0.3) is 0 Å². The van der Waals surface area contributed by atoms with Crippen molar-refractivity contribution in [1.82, 2.24) is 15.3 Å². The van der Waals surface area contributed by atoms with E-state index in [-0.39, 0.29) is 6.42 Å². The fourth-order valence-electron chi connectivity index (χ4n) is 3.47. The van der Waals surface area contributed by atoms with E-state index in [9.17, 15) is 9.59 Å². The minimum Gasteiger partial charge on any atom is -0.482 e. The van der Waals surface area contributed by atoms with Crippen LogP contribution in [0.1, 0.15) is 19.3 Å². The van der Waals surface area contributed by atoms with Gasteiger partial charge in [0.05, 0.1) is 6.42 Å². The van der Waals surface area contributed by atoms with E-state index in [1.165, 1.54) is 12.8 Å². The Morgan fingerprint density at radius 1 is 1.15 bits per heavy atom. The average molecular weight is 361 g/mol. The van der Waals surface area contributed by atoms with Crippen molar-refractivity contribution in [3.05, 3.63) is 30.3 Å². The maximum atomic E-state index is 12.1. The van der Waals surface area contributed by atoms with E-state index in [4.69, 9.17) is 9.57 Å². The molecule has 1 aromatic rings. The number of ether oxygens (including phenoxy) is 1. The van der Waals surface area contributed by atoms with Crippen LogP contribution in [0.5, 0.6) is 5.75 Å². The molecule has 0 radical (unpaired) electrons. The van der Waals surface area contributed by atoms with E-state index in [0.29, 0.717) is 31.2 Å². The van der Waals surface area contributed by atoms with Crippen LogP contribution in [0.4, 0.5) is 0 Å². The van der Waals surface area contributed by atoms with Crippen LogP contribution >= 0.6 is 0 Å². The van der Waals surface area contributed by atoms with E-state index in [1.54, 1.807) is 17.2 Å². The predicted octanol–water partition coefficient (Wildman–Crippen LogP) is 0.851. The van der Waals surface area contributed by atoms with Gasteiger partial charge in [0.25, 0.3) is 0 Å². The molecule has 2 aliphatic rings. The Morgan fingerprint density at radius 3 is 2.50 bits per heavy atom.